The molecule has 0 bridgehead atoms. The molecule has 1 unspecified atom stereocenters. The summed E-state index contributed by atoms with van der Waals surface area (Å²) in [5.74, 6) is 0.361. The van der Waals surface area contributed by atoms with E-state index in [-0.39, 0.29) is 6.04 Å². The van der Waals surface area contributed by atoms with Crippen LogP contribution in [0.25, 0.3) is 0 Å². The molecule has 4 heteroatoms. The Bertz CT molecular complexity index is 502. The van der Waals surface area contributed by atoms with Crippen molar-refractivity contribution in [1.29, 1.82) is 0 Å². The van der Waals surface area contributed by atoms with Crippen LogP contribution in [0.5, 0.6) is 0 Å². The van der Waals surface area contributed by atoms with E-state index in [0.717, 1.165) is 22.6 Å². The van der Waals surface area contributed by atoms with E-state index < -0.39 is 0 Å². The molecule has 0 amide bonds. The highest BCUT2D eigenvalue weighted by Gasteiger charge is 2.19. The van der Waals surface area contributed by atoms with Gasteiger partial charge in [0.25, 0.3) is 0 Å². The van der Waals surface area contributed by atoms with Crippen LogP contribution < -0.4 is 5.73 Å². The quantitative estimate of drug-likeness (QED) is 0.919. The summed E-state index contributed by atoms with van der Waals surface area (Å²) in [5, 5.41) is 4.18. The summed E-state index contributed by atoms with van der Waals surface area (Å²) in [6.45, 7) is 6.39. The molecule has 0 spiro atoms. The maximum absolute atomic E-state index is 6.32. The maximum atomic E-state index is 6.32. The summed E-state index contributed by atoms with van der Waals surface area (Å²) in [4.78, 5) is 1.08. The van der Waals surface area contributed by atoms with Crippen LogP contribution in [0.3, 0.4) is 0 Å². The number of aryl methyl sites for hydroxylation is 1. The molecule has 1 atom stereocenters. The van der Waals surface area contributed by atoms with Gasteiger partial charge in [-0.1, -0.05) is 49.5 Å². The van der Waals surface area contributed by atoms with Gasteiger partial charge >= 0.3 is 0 Å². The first-order valence-electron chi connectivity index (χ1n) is 6.30. The summed E-state index contributed by atoms with van der Waals surface area (Å²) >= 11 is 1.40. The summed E-state index contributed by atoms with van der Waals surface area (Å²) in [6.07, 6.45) is 1.05. The first-order chi connectivity index (χ1) is 8.63. The van der Waals surface area contributed by atoms with Crippen LogP contribution in [0.2, 0.25) is 0 Å². The van der Waals surface area contributed by atoms with Crippen molar-refractivity contribution in [3.8, 4) is 0 Å². The number of benzene rings is 1. The predicted molar refractivity (Wildman–Crippen MR) is 75.8 cm³/mol. The van der Waals surface area contributed by atoms with Gasteiger partial charge in [-0.2, -0.15) is 0 Å². The van der Waals surface area contributed by atoms with Crippen molar-refractivity contribution in [2.45, 2.75) is 39.2 Å². The van der Waals surface area contributed by atoms with Gasteiger partial charge in [-0.05, 0) is 35.0 Å². The van der Waals surface area contributed by atoms with Crippen molar-refractivity contribution in [2.24, 2.45) is 5.73 Å². The number of rotatable bonds is 4. The highest BCUT2D eigenvalue weighted by Crippen LogP contribution is 2.29. The Kier molecular flexibility index (Phi) is 4.09. The summed E-state index contributed by atoms with van der Waals surface area (Å²) in [5.41, 5.74) is 9.80. The second-order valence-electron chi connectivity index (χ2n) is 4.75. The molecule has 0 aliphatic rings. The number of nitrogens with two attached hydrogens (primary N) is 1. The van der Waals surface area contributed by atoms with Crippen molar-refractivity contribution in [1.82, 2.24) is 9.59 Å². The second-order valence-corrected chi connectivity index (χ2v) is 5.54. The summed E-state index contributed by atoms with van der Waals surface area (Å²) < 4.78 is 4.04. The molecule has 1 heterocycles. The van der Waals surface area contributed by atoms with E-state index in [4.69, 9.17) is 5.73 Å². The van der Waals surface area contributed by atoms with Crippen molar-refractivity contribution in [3.05, 3.63) is 46.0 Å². The number of nitrogens with zero attached hydrogens (tertiary/aromatic N) is 2. The summed E-state index contributed by atoms with van der Waals surface area (Å²) in [7, 11) is 0. The zero-order valence-corrected chi connectivity index (χ0v) is 11.9. The molecule has 2 N–H and O–H groups in total. The fourth-order valence-electron chi connectivity index (χ4n) is 1.93. The molecule has 2 rings (SSSR count). The average molecular weight is 261 g/mol. The monoisotopic (exact) mass is 261 g/mol. The fourth-order valence-corrected chi connectivity index (χ4v) is 2.77. The molecular formula is C14H19N3S. The normalized spacial score (nSPS) is 12.9. The van der Waals surface area contributed by atoms with Crippen molar-refractivity contribution >= 4 is 11.5 Å². The van der Waals surface area contributed by atoms with Gasteiger partial charge in [-0.25, -0.2) is 0 Å². The lowest BCUT2D eigenvalue weighted by molar-refractivity contribution is 0.770. The van der Waals surface area contributed by atoms with Crippen LogP contribution in [0.15, 0.2) is 24.3 Å². The molecule has 0 aliphatic heterocycles. The standard InChI is InChI=1S/C14H19N3S/c1-4-10-5-7-11(8-6-10)12(15)14-13(9(2)3)16-17-18-14/h5-9,12H,4,15H2,1-3H3. The van der Waals surface area contributed by atoms with E-state index >= 15 is 0 Å². The van der Waals surface area contributed by atoms with Gasteiger partial charge < -0.3 is 5.73 Å². The lowest BCUT2D eigenvalue weighted by Gasteiger charge is -2.13. The molecule has 1 aromatic heterocycles. The van der Waals surface area contributed by atoms with Crippen LogP contribution in [-0.4, -0.2) is 9.59 Å². The van der Waals surface area contributed by atoms with E-state index in [9.17, 15) is 0 Å². The Balaban J connectivity index is 2.29. The van der Waals surface area contributed by atoms with Gasteiger partial charge in [0.15, 0.2) is 0 Å². The largest absolute Gasteiger partial charge is 0.320 e. The van der Waals surface area contributed by atoms with E-state index in [0.29, 0.717) is 5.92 Å². The Morgan fingerprint density at radius 2 is 1.89 bits per heavy atom. The Hall–Kier alpha value is -1.26. The molecular weight excluding hydrogens is 242 g/mol. The Labute approximate surface area is 112 Å². The third-order valence-corrected chi connectivity index (χ3v) is 3.94. The molecule has 1 aromatic carbocycles. The van der Waals surface area contributed by atoms with Gasteiger partial charge in [-0.15, -0.1) is 5.10 Å². The second kappa shape index (κ2) is 5.59. The zero-order chi connectivity index (χ0) is 13.1. The van der Waals surface area contributed by atoms with Gasteiger partial charge in [0.1, 0.15) is 0 Å². The van der Waals surface area contributed by atoms with Gasteiger partial charge in [0.2, 0.25) is 0 Å². The number of aromatic nitrogens is 2. The van der Waals surface area contributed by atoms with Gasteiger partial charge in [0, 0.05) is 0 Å². The zero-order valence-electron chi connectivity index (χ0n) is 11.1. The third-order valence-electron chi connectivity index (χ3n) is 3.12. The van der Waals surface area contributed by atoms with E-state index in [2.05, 4.69) is 54.6 Å². The smallest absolute Gasteiger partial charge is 0.0832 e. The van der Waals surface area contributed by atoms with Crippen LogP contribution >= 0.6 is 11.5 Å². The molecule has 0 aliphatic carbocycles. The SMILES string of the molecule is CCc1ccc(C(N)c2snnc2C(C)C)cc1. The molecule has 96 valence electrons. The minimum Gasteiger partial charge on any atom is -0.320 e. The molecule has 0 radical (unpaired) electrons. The van der Waals surface area contributed by atoms with E-state index in [1.54, 1.807) is 0 Å². The first-order valence-corrected chi connectivity index (χ1v) is 7.07. The maximum Gasteiger partial charge on any atom is 0.0832 e. The lowest BCUT2D eigenvalue weighted by Crippen LogP contribution is -2.13. The highest BCUT2D eigenvalue weighted by molar-refractivity contribution is 7.05. The van der Waals surface area contributed by atoms with Crippen LogP contribution in [0.1, 0.15) is 54.4 Å². The van der Waals surface area contributed by atoms with Crippen LogP contribution in [-0.2, 0) is 6.42 Å². The molecule has 18 heavy (non-hydrogen) atoms. The molecule has 0 fully saturated rings. The van der Waals surface area contributed by atoms with Crippen LogP contribution in [0.4, 0.5) is 0 Å². The lowest BCUT2D eigenvalue weighted by atomic mass is 9.99. The Morgan fingerprint density at radius 1 is 1.22 bits per heavy atom. The van der Waals surface area contributed by atoms with Crippen molar-refractivity contribution in [3.63, 3.8) is 0 Å². The fraction of sp³-hybridized carbons (Fsp3) is 0.429. The molecule has 3 nitrogen and oxygen atoms in total. The van der Waals surface area contributed by atoms with Crippen molar-refractivity contribution in [2.75, 3.05) is 0 Å². The van der Waals surface area contributed by atoms with E-state index in [1.165, 1.54) is 17.1 Å². The summed E-state index contributed by atoms with van der Waals surface area (Å²) in [6, 6.07) is 8.37. The predicted octanol–water partition coefficient (Wildman–Crippen LogP) is 3.27. The topological polar surface area (TPSA) is 51.8 Å². The van der Waals surface area contributed by atoms with Crippen LogP contribution in [0, 0.1) is 0 Å². The molecule has 2 aromatic rings. The van der Waals surface area contributed by atoms with E-state index in [1.807, 2.05) is 0 Å². The third kappa shape index (κ3) is 2.60. The first kappa shape index (κ1) is 13.2. The number of hydrogen-bond donors (Lipinski definition) is 1. The molecule has 0 saturated carbocycles. The highest BCUT2D eigenvalue weighted by atomic mass is 32.1. The minimum atomic E-state index is -0.117. The average Bonchev–Trinajstić information content (AvgIpc) is 2.87. The molecule has 0 saturated heterocycles. The number of hydrogen-bond acceptors (Lipinski definition) is 4. The van der Waals surface area contributed by atoms with Gasteiger partial charge in [0.05, 0.1) is 16.6 Å². The van der Waals surface area contributed by atoms with Gasteiger partial charge in [-0.3, -0.25) is 0 Å². The minimum absolute atomic E-state index is 0.117. The van der Waals surface area contributed by atoms with Crippen molar-refractivity contribution < 1.29 is 0 Å². The Morgan fingerprint density at radius 3 is 2.44 bits per heavy atom.